The summed E-state index contributed by atoms with van der Waals surface area (Å²) in [7, 11) is 0. The fraction of sp³-hybridized carbons (Fsp3) is 0.500. The van der Waals surface area contributed by atoms with E-state index in [1.54, 1.807) is 12.1 Å². The Morgan fingerprint density at radius 1 is 1.53 bits per heavy atom. The van der Waals surface area contributed by atoms with Crippen LogP contribution in [0.1, 0.15) is 32.6 Å². The molecule has 0 amide bonds. The van der Waals surface area contributed by atoms with E-state index in [0.29, 0.717) is 0 Å². The van der Waals surface area contributed by atoms with E-state index in [1.807, 2.05) is 13.0 Å². The normalized spacial score (nSPS) is 12.8. The highest BCUT2D eigenvalue weighted by atomic mass is 32.1. The molecule has 1 heterocycles. The molecule has 94 valence electrons. The van der Waals surface area contributed by atoms with Crippen molar-refractivity contribution >= 4 is 22.4 Å². The van der Waals surface area contributed by atoms with Gasteiger partial charge < -0.3 is 5.32 Å². The van der Waals surface area contributed by atoms with Crippen LogP contribution in [0.5, 0.6) is 0 Å². The third-order valence-corrected chi connectivity index (χ3v) is 3.06. The van der Waals surface area contributed by atoms with E-state index < -0.39 is 0 Å². The van der Waals surface area contributed by atoms with E-state index in [0.717, 1.165) is 17.0 Å². The van der Waals surface area contributed by atoms with E-state index in [-0.39, 0.29) is 15.5 Å². The van der Waals surface area contributed by atoms with Gasteiger partial charge in [-0.1, -0.05) is 16.9 Å². The van der Waals surface area contributed by atoms with E-state index in [2.05, 4.69) is 26.1 Å². The third kappa shape index (κ3) is 5.10. The van der Waals surface area contributed by atoms with Crippen LogP contribution in [0.25, 0.3) is 6.08 Å². The van der Waals surface area contributed by atoms with Crippen LogP contribution in [0.2, 0.25) is 0 Å². The monoisotopic (exact) mass is 254 g/mol. The lowest BCUT2D eigenvalue weighted by Crippen LogP contribution is -2.36. The van der Waals surface area contributed by atoms with E-state index in [4.69, 9.17) is 0 Å². The Balaban J connectivity index is 2.64. The van der Waals surface area contributed by atoms with Crippen LogP contribution in [-0.2, 0) is 0 Å². The van der Waals surface area contributed by atoms with Gasteiger partial charge in [0.1, 0.15) is 0 Å². The van der Waals surface area contributed by atoms with Crippen molar-refractivity contribution in [2.24, 2.45) is 0 Å². The molecule has 0 atom stereocenters. The fourth-order valence-electron chi connectivity index (χ4n) is 1.22. The summed E-state index contributed by atoms with van der Waals surface area (Å²) in [4.78, 5) is 11.1. The topological polar surface area (TPSA) is 55.2 Å². The summed E-state index contributed by atoms with van der Waals surface area (Å²) < 4.78 is 0. The first-order valence-electron chi connectivity index (χ1n) is 5.44. The minimum atomic E-state index is -0.356. The van der Waals surface area contributed by atoms with Gasteiger partial charge in [-0.05, 0) is 39.8 Å². The molecule has 0 radical (unpaired) electrons. The number of hydrogen-bond acceptors (Lipinski definition) is 4. The van der Waals surface area contributed by atoms with Gasteiger partial charge in [0.05, 0.1) is 4.92 Å². The maximum Gasteiger partial charge on any atom is 0.324 e. The Hall–Kier alpha value is -1.20. The van der Waals surface area contributed by atoms with Crippen molar-refractivity contribution in [3.63, 3.8) is 0 Å². The summed E-state index contributed by atoms with van der Waals surface area (Å²) in [5.41, 5.74) is 1.24. The number of nitrogens with one attached hydrogen (secondary N) is 1. The molecule has 0 saturated heterocycles. The SMILES string of the molecule is C/C(=C/c1ccc([N+](=O)[O-])s1)CNC(C)(C)C. The van der Waals surface area contributed by atoms with Crippen molar-refractivity contribution in [3.8, 4) is 0 Å². The molecular formula is C12H18N2O2S. The molecule has 1 N–H and O–H groups in total. The Morgan fingerprint density at radius 2 is 2.18 bits per heavy atom. The Kier molecular flexibility index (Phi) is 4.42. The summed E-state index contributed by atoms with van der Waals surface area (Å²) >= 11 is 1.20. The third-order valence-electron chi connectivity index (χ3n) is 2.08. The van der Waals surface area contributed by atoms with Gasteiger partial charge in [0.25, 0.3) is 0 Å². The van der Waals surface area contributed by atoms with Crippen LogP contribution >= 0.6 is 11.3 Å². The minimum absolute atomic E-state index is 0.0799. The number of rotatable bonds is 4. The number of nitrogens with zero attached hydrogens (tertiary/aromatic N) is 1. The van der Waals surface area contributed by atoms with Crippen LogP contribution < -0.4 is 5.32 Å². The van der Waals surface area contributed by atoms with Gasteiger partial charge in [-0.3, -0.25) is 10.1 Å². The first-order valence-corrected chi connectivity index (χ1v) is 6.26. The number of hydrogen-bond donors (Lipinski definition) is 1. The lowest BCUT2D eigenvalue weighted by atomic mass is 10.1. The largest absolute Gasteiger partial charge is 0.324 e. The molecule has 0 fully saturated rings. The zero-order valence-electron chi connectivity index (χ0n) is 10.6. The number of nitro groups is 1. The Morgan fingerprint density at radius 3 is 2.65 bits per heavy atom. The predicted molar refractivity (Wildman–Crippen MR) is 72.4 cm³/mol. The first-order chi connectivity index (χ1) is 7.78. The molecule has 0 aliphatic rings. The smallest absolute Gasteiger partial charge is 0.308 e. The molecule has 0 saturated carbocycles. The zero-order chi connectivity index (χ0) is 13.1. The second-order valence-corrected chi connectivity index (χ2v) is 6.12. The maximum absolute atomic E-state index is 10.5. The van der Waals surface area contributed by atoms with Crippen molar-refractivity contribution in [2.45, 2.75) is 33.2 Å². The van der Waals surface area contributed by atoms with Gasteiger partial charge in [0, 0.05) is 23.0 Å². The second kappa shape index (κ2) is 5.42. The first kappa shape index (κ1) is 13.9. The highest BCUT2D eigenvalue weighted by Gasteiger charge is 2.10. The highest BCUT2D eigenvalue weighted by Crippen LogP contribution is 2.25. The molecule has 5 heteroatoms. The lowest BCUT2D eigenvalue weighted by molar-refractivity contribution is -0.380. The van der Waals surface area contributed by atoms with Gasteiger partial charge >= 0.3 is 5.00 Å². The van der Waals surface area contributed by atoms with E-state index in [1.165, 1.54) is 11.3 Å². The van der Waals surface area contributed by atoms with Crippen molar-refractivity contribution in [2.75, 3.05) is 6.54 Å². The summed E-state index contributed by atoms with van der Waals surface area (Å²) in [6.45, 7) is 9.13. The summed E-state index contributed by atoms with van der Waals surface area (Å²) in [6.07, 6.45) is 1.98. The molecule has 0 unspecified atom stereocenters. The number of thiophene rings is 1. The van der Waals surface area contributed by atoms with E-state index >= 15 is 0 Å². The quantitative estimate of drug-likeness (QED) is 0.661. The lowest BCUT2D eigenvalue weighted by Gasteiger charge is -2.20. The van der Waals surface area contributed by atoms with Gasteiger partial charge in [-0.25, -0.2) is 0 Å². The molecule has 17 heavy (non-hydrogen) atoms. The summed E-state index contributed by atoms with van der Waals surface area (Å²) in [6, 6.07) is 3.32. The molecule has 1 aromatic heterocycles. The molecule has 4 nitrogen and oxygen atoms in total. The summed E-state index contributed by atoms with van der Waals surface area (Å²) in [5, 5.41) is 14.1. The van der Waals surface area contributed by atoms with Crippen molar-refractivity contribution in [1.82, 2.24) is 5.32 Å². The van der Waals surface area contributed by atoms with Crippen molar-refractivity contribution < 1.29 is 4.92 Å². The van der Waals surface area contributed by atoms with Crippen molar-refractivity contribution in [3.05, 3.63) is 32.7 Å². The molecule has 0 aliphatic heterocycles. The average molecular weight is 254 g/mol. The van der Waals surface area contributed by atoms with Gasteiger partial charge in [0.2, 0.25) is 0 Å². The van der Waals surface area contributed by atoms with Gasteiger partial charge in [-0.15, -0.1) is 0 Å². The zero-order valence-corrected chi connectivity index (χ0v) is 11.4. The molecule has 1 rings (SSSR count). The van der Waals surface area contributed by atoms with Crippen LogP contribution in [0.4, 0.5) is 5.00 Å². The second-order valence-electron chi connectivity index (χ2n) is 5.03. The fourth-order valence-corrected chi connectivity index (χ4v) is 2.06. The highest BCUT2D eigenvalue weighted by molar-refractivity contribution is 7.16. The molecule has 1 aromatic rings. The average Bonchev–Trinajstić information content (AvgIpc) is 2.62. The summed E-state index contributed by atoms with van der Waals surface area (Å²) in [5.74, 6) is 0. The van der Waals surface area contributed by atoms with Crippen molar-refractivity contribution in [1.29, 1.82) is 0 Å². The van der Waals surface area contributed by atoms with Crippen LogP contribution in [0.15, 0.2) is 17.7 Å². The Labute approximate surface area is 106 Å². The van der Waals surface area contributed by atoms with E-state index in [9.17, 15) is 10.1 Å². The molecule has 0 aromatic carbocycles. The predicted octanol–water partition coefficient (Wildman–Crippen LogP) is 3.45. The standard InChI is InChI=1S/C12H18N2O2S/c1-9(8-13-12(2,3)4)7-10-5-6-11(17-10)14(15)16/h5-7,13H,8H2,1-4H3/b9-7-. The molecule has 0 bridgehead atoms. The minimum Gasteiger partial charge on any atom is -0.308 e. The molecule has 0 spiro atoms. The molecule has 0 aliphatic carbocycles. The van der Waals surface area contributed by atoms with Crippen LogP contribution in [0.3, 0.4) is 0 Å². The van der Waals surface area contributed by atoms with Crippen LogP contribution in [-0.4, -0.2) is 17.0 Å². The Bertz CT molecular complexity index is 430. The van der Waals surface area contributed by atoms with Gasteiger partial charge in [0.15, 0.2) is 0 Å². The van der Waals surface area contributed by atoms with Gasteiger partial charge in [-0.2, -0.15) is 0 Å². The molecular weight excluding hydrogens is 236 g/mol. The van der Waals surface area contributed by atoms with Crippen LogP contribution in [0, 0.1) is 10.1 Å². The maximum atomic E-state index is 10.5.